The molecule has 0 spiro atoms. The molecule has 0 radical (unpaired) electrons. The van der Waals surface area contributed by atoms with Gasteiger partial charge in [-0.15, -0.1) is 0 Å². The van der Waals surface area contributed by atoms with Crippen molar-refractivity contribution in [1.29, 1.82) is 0 Å². The van der Waals surface area contributed by atoms with Crippen LogP contribution >= 0.6 is 0 Å². The summed E-state index contributed by atoms with van der Waals surface area (Å²) in [5.41, 5.74) is 1.01. The number of hydrogen-bond donors (Lipinski definition) is 1. The Morgan fingerprint density at radius 3 is 2.05 bits per heavy atom. The normalized spacial score (nSPS) is 10.8. The first-order chi connectivity index (χ1) is 9.34. The number of H-pyrrole nitrogens is 1. The van der Waals surface area contributed by atoms with Crippen molar-refractivity contribution in [1.82, 2.24) is 4.98 Å². The smallest absolute Gasteiger partial charge is 0.251 e. The summed E-state index contributed by atoms with van der Waals surface area (Å²) in [4.78, 5) is 14.2. The standard InChI is InChI=1S/C17H29NO/c1-2-3-4-5-6-7-8-9-10-11-13-16-14-12-15-18-17(16)19/h12,14-15H,2-11,13H2,1H3,(H,18,19). The van der Waals surface area contributed by atoms with Gasteiger partial charge in [0.2, 0.25) is 0 Å². The number of pyridine rings is 1. The molecule has 1 aromatic heterocycles. The molecule has 19 heavy (non-hydrogen) atoms. The van der Waals surface area contributed by atoms with Crippen LogP contribution in [0.15, 0.2) is 23.1 Å². The zero-order chi connectivity index (χ0) is 13.8. The molecular weight excluding hydrogens is 234 g/mol. The highest BCUT2D eigenvalue weighted by atomic mass is 16.1. The minimum Gasteiger partial charge on any atom is -0.329 e. The van der Waals surface area contributed by atoms with E-state index in [1.165, 1.54) is 57.8 Å². The number of unbranched alkanes of at least 4 members (excludes halogenated alkanes) is 9. The quantitative estimate of drug-likeness (QED) is 0.569. The van der Waals surface area contributed by atoms with Crippen LogP contribution < -0.4 is 5.56 Å². The predicted octanol–water partition coefficient (Wildman–Crippen LogP) is 4.84. The van der Waals surface area contributed by atoms with Crippen molar-refractivity contribution in [2.24, 2.45) is 0 Å². The molecule has 0 saturated carbocycles. The van der Waals surface area contributed by atoms with Crippen molar-refractivity contribution in [3.8, 4) is 0 Å². The molecule has 0 aliphatic heterocycles. The largest absolute Gasteiger partial charge is 0.329 e. The molecule has 0 amide bonds. The minimum atomic E-state index is 0.0819. The van der Waals surface area contributed by atoms with Crippen molar-refractivity contribution < 1.29 is 0 Å². The van der Waals surface area contributed by atoms with Gasteiger partial charge in [0.25, 0.3) is 5.56 Å². The molecule has 0 aliphatic carbocycles. The van der Waals surface area contributed by atoms with E-state index in [1.54, 1.807) is 6.20 Å². The third-order valence-electron chi connectivity index (χ3n) is 3.70. The monoisotopic (exact) mass is 263 g/mol. The Labute approximate surface area is 117 Å². The molecule has 0 unspecified atom stereocenters. The molecule has 0 fully saturated rings. The molecule has 0 aromatic carbocycles. The third-order valence-corrected chi connectivity index (χ3v) is 3.70. The molecule has 1 heterocycles. The lowest BCUT2D eigenvalue weighted by Crippen LogP contribution is -2.10. The fourth-order valence-electron chi connectivity index (χ4n) is 2.46. The zero-order valence-corrected chi connectivity index (χ0v) is 12.4. The highest BCUT2D eigenvalue weighted by molar-refractivity contribution is 5.08. The van der Waals surface area contributed by atoms with Crippen molar-refractivity contribution in [2.75, 3.05) is 0 Å². The van der Waals surface area contributed by atoms with E-state index in [0.29, 0.717) is 0 Å². The van der Waals surface area contributed by atoms with E-state index < -0.39 is 0 Å². The number of nitrogens with one attached hydrogen (secondary N) is 1. The molecule has 108 valence electrons. The SMILES string of the molecule is CCCCCCCCCCCCc1ccc[nH]c1=O. The number of aryl methyl sites for hydroxylation is 1. The van der Waals surface area contributed by atoms with Crippen LogP contribution in [0.25, 0.3) is 0 Å². The Morgan fingerprint density at radius 1 is 0.895 bits per heavy atom. The van der Waals surface area contributed by atoms with Gasteiger partial charge in [0, 0.05) is 11.8 Å². The highest BCUT2D eigenvalue weighted by Crippen LogP contribution is 2.11. The van der Waals surface area contributed by atoms with Gasteiger partial charge in [-0.25, -0.2) is 0 Å². The van der Waals surface area contributed by atoms with E-state index in [0.717, 1.165) is 18.4 Å². The maximum absolute atomic E-state index is 11.5. The van der Waals surface area contributed by atoms with Crippen LogP contribution in [0.4, 0.5) is 0 Å². The summed E-state index contributed by atoms with van der Waals surface area (Å²) < 4.78 is 0. The van der Waals surface area contributed by atoms with Gasteiger partial charge in [-0.2, -0.15) is 0 Å². The average Bonchev–Trinajstić information content (AvgIpc) is 2.43. The van der Waals surface area contributed by atoms with Crippen LogP contribution in [-0.4, -0.2) is 4.98 Å². The summed E-state index contributed by atoms with van der Waals surface area (Å²) in [5, 5.41) is 0. The molecule has 0 atom stereocenters. The molecule has 0 saturated heterocycles. The first-order valence-corrected chi connectivity index (χ1v) is 8.01. The van der Waals surface area contributed by atoms with Crippen LogP contribution in [0, 0.1) is 0 Å². The fraction of sp³-hybridized carbons (Fsp3) is 0.706. The van der Waals surface area contributed by atoms with Gasteiger partial charge >= 0.3 is 0 Å². The Morgan fingerprint density at radius 2 is 1.47 bits per heavy atom. The molecule has 1 rings (SSSR count). The summed E-state index contributed by atoms with van der Waals surface area (Å²) in [5.74, 6) is 0. The topological polar surface area (TPSA) is 32.9 Å². The van der Waals surface area contributed by atoms with Crippen molar-refractivity contribution in [3.63, 3.8) is 0 Å². The summed E-state index contributed by atoms with van der Waals surface area (Å²) in [6.45, 7) is 2.26. The lowest BCUT2D eigenvalue weighted by atomic mass is 10.0. The average molecular weight is 263 g/mol. The lowest BCUT2D eigenvalue weighted by molar-refractivity contribution is 0.556. The lowest BCUT2D eigenvalue weighted by Gasteiger charge is -2.02. The van der Waals surface area contributed by atoms with Gasteiger partial charge in [0.1, 0.15) is 0 Å². The molecule has 2 heteroatoms. The van der Waals surface area contributed by atoms with E-state index >= 15 is 0 Å². The van der Waals surface area contributed by atoms with Gasteiger partial charge in [-0.1, -0.05) is 70.8 Å². The molecular formula is C17H29NO. The molecule has 0 aliphatic rings. The van der Waals surface area contributed by atoms with Crippen LogP contribution in [0.2, 0.25) is 0 Å². The number of aromatic nitrogens is 1. The Balaban J connectivity index is 1.92. The second-order valence-corrected chi connectivity index (χ2v) is 5.46. The molecule has 1 aromatic rings. The maximum Gasteiger partial charge on any atom is 0.251 e. The number of rotatable bonds is 11. The van der Waals surface area contributed by atoms with E-state index in [2.05, 4.69) is 11.9 Å². The Bertz CT molecular complexity index is 370. The molecule has 1 N–H and O–H groups in total. The van der Waals surface area contributed by atoms with Crippen molar-refractivity contribution in [2.45, 2.75) is 77.6 Å². The van der Waals surface area contributed by atoms with E-state index in [9.17, 15) is 4.79 Å². The van der Waals surface area contributed by atoms with E-state index in [4.69, 9.17) is 0 Å². The number of aromatic amines is 1. The summed E-state index contributed by atoms with van der Waals surface area (Å²) >= 11 is 0. The summed E-state index contributed by atoms with van der Waals surface area (Å²) in [7, 11) is 0. The fourth-order valence-corrected chi connectivity index (χ4v) is 2.46. The summed E-state index contributed by atoms with van der Waals surface area (Å²) in [6.07, 6.45) is 16.0. The van der Waals surface area contributed by atoms with Gasteiger partial charge in [-0.05, 0) is 18.9 Å². The highest BCUT2D eigenvalue weighted by Gasteiger charge is 1.98. The first-order valence-electron chi connectivity index (χ1n) is 8.01. The van der Waals surface area contributed by atoms with Crippen LogP contribution in [0.1, 0.15) is 76.7 Å². The zero-order valence-electron chi connectivity index (χ0n) is 12.4. The van der Waals surface area contributed by atoms with Crippen LogP contribution in [-0.2, 0) is 6.42 Å². The van der Waals surface area contributed by atoms with Crippen molar-refractivity contribution in [3.05, 3.63) is 34.2 Å². The van der Waals surface area contributed by atoms with E-state index in [1.807, 2.05) is 12.1 Å². The van der Waals surface area contributed by atoms with Gasteiger partial charge in [-0.3, -0.25) is 4.79 Å². The number of hydrogen-bond acceptors (Lipinski definition) is 1. The second-order valence-electron chi connectivity index (χ2n) is 5.46. The second kappa shape index (κ2) is 10.8. The molecule has 0 bridgehead atoms. The van der Waals surface area contributed by atoms with Gasteiger partial charge in [0.05, 0.1) is 0 Å². The first kappa shape index (κ1) is 16.0. The van der Waals surface area contributed by atoms with Crippen LogP contribution in [0.5, 0.6) is 0 Å². The maximum atomic E-state index is 11.5. The predicted molar refractivity (Wildman–Crippen MR) is 82.6 cm³/mol. The summed E-state index contributed by atoms with van der Waals surface area (Å²) in [6, 6.07) is 3.85. The van der Waals surface area contributed by atoms with Gasteiger partial charge < -0.3 is 4.98 Å². The Hall–Kier alpha value is -1.05. The van der Waals surface area contributed by atoms with Crippen LogP contribution in [0.3, 0.4) is 0 Å². The Kier molecular flexibility index (Phi) is 9.13. The van der Waals surface area contributed by atoms with Crippen molar-refractivity contribution >= 4 is 0 Å². The third kappa shape index (κ3) is 7.86. The minimum absolute atomic E-state index is 0.0819. The van der Waals surface area contributed by atoms with Gasteiger partial charge in [0.15, 0.2) is 0 Å². The molecule has 2 nitrogen and oxygen atoms in total. The van der Waals surface area contributed by atoms with E-state index in [-0.39, 0.29) is 5.56 Å².